The van der Waals surface area contributed by atoms with Crippen molar-refractivity contribution in [1.29, 1.82) is 0 Å². The van der Waals surface area contributed by atoms with Crippen LogP contribution in [0.3, 0.4) is 0 Å². The van der Waals surface area contributed by atoms with E-state index >= 15 is 0 Å². The zero-order valence-corrected chi connectivity index (χ0v) is 11.0. The molecule has 94 valence electrons. The van der Waals surface area contributed by atoms with Crippen LogP contribution in [0.25, 0.3) is 0 Å². The van der Waals surface area contributed by atoms with Crippen molar-refractivity contribution in [2.24, 2.45) is 5.92 Å². The third kappa shape index (κ3) is 3.91. The Bertz CT molecular complexity index is 344. The lowest BCUT2D eigenvalue weighted by Gasteiger charge is -2.17. The molecule has 0 saturated carbocycles. The summed E-state index contributed by atoms with van der Waals surface area (Å²) in [4.78, 5) is 15.4. The van der Waals surface area contributed by atoms with E-state index < -0.39 is 0 Å². The molecule has 0 radical (unpaired) electrons. The van der Waals surface area contributed by atoms with Gasteiger partial charge in [0.05, 0.1) is 13.2 Å². The van der Waals surface area contributed by atoms with Gasteiger partial charge >= 0.3 is 0 Å². The molecular weight excluding hydrogens is 234 g/mol. The third-order valence-corrected chi connectivity index (χ3v) is 4.07. The molecule has 2 heterocycles. The molecule has 0 aromatic carbocycles. The van der Waals surface area contributed by atoms with Gasteiger partial charge < -0.3 is 4.74 Å². The number of rotatable bonds is 6. The number of ether oxygens (including phenoxy) is 1. The van der Waals surface area contributed by atoms with Gasteiger partial charge in [0.25, 0.3) is 0 Å². The Balaban J connectivity index is 1.69. The maximum absolute atomic E-state index is 11.9. The van der Waals surface area contributed by atoms with Crippen LogP contribution in [0.5, 0.6) is 0 Å². The van der Waals surface area contributed by atoms with E-state index in [1.165, 1.54) is 4.88 Å². The van der Waals surface area contributed by atoms with Crippen molar-refractivity contribution < 1.29 is 9.53 Å². The zero-order chi connectivity index (χ0) is 12.1. The first-order valence-corrected chi connectivity index (χ1v) is 6.95. The maximum atomic E-state index is 11.9. The molecule has 1 fully saturated rings. The summed E-state index contributed by atoms with van der Waals surface area (Å²) in [7, 11) is 2.02. The van der Waals surface area contributed by atoms with Crippen molar-refractivity contribution in [2.45, 2.75) is 12.8 Å². The number of hydrogen-bond acceptors (Lipinski definition) is 4. The highest BCUT2D eigenvalue weighted by atomic mass is 32.1. The number of nitrogens with zero attached hydrogens (tertiary/aromatic N) is 1. The Morgan fingerprint density at radius 3 is 3.18 bits per heavy atom. The van der Waals surface area contributed by atoms with Crippen LogP contribution in [0.4, 0.5) is 0 Å². The van der Waals surface area contributed by atoms with Gasteiger partial charge in [0.15, 0.2) is 5.78 Å². The molecule has 17 heavy (non-hydrogen) atoms. The number of Topliss-reactive ketones (excluding diaryl/α,β-unsaturated/α-hetero) is 1. The largest absolute Gasteiger partial charge is 0.381 e. The predicted octanol–water partition coefficient (Wildman–Crippen LogP) is 1.83. The second-order valence-corrected chi connectivity index (χ2v) is 5.63. The van der Waals surface area contributed by atoms with Crippen molar-refractivity contribution in [3.05, 3.63) is 22.4 Å². The standard InChI is InChI=1S/C13H19NO2S/c1-14(6-4-12-3-2-8-17-12)9-13(15)11-5-7-16-10-11/h2-3,8,11H,4-7,9-10H2,1H3. The summed E-state index contributed by atoms with van der Waals surface area (Å²) in [5.74, 6) is 0.468. The van der Waals surface area contributed by atoms with E-state index in [1.807, 2.05) is 7.05 Å². The van der Waals surface area contributed by atoms with Crippen molar-refractivity contribution in [1.82, 2.24) is 4.90 Å². The molecule has 0 spiro atoms. The summed E-state index contributed by atoms with van der Waals surface area (Å²) in [6.45, 7) is 2.87. The molecule has 2 rings (SSSR count). The van der Waals surface area contributed by atoms with Crippen LogP contribution < -0.4 is 0 Å². The second-order valence-electron chi connectivity index (χ2n) is 4.59. The van der Waals surface area contributed by atoms with Gasteiger partial charge in [-0.3, -0.25) is 9.69 Å². The molecule has 1 aliphatic heterocycles. The second kappa shape index (κ2) is 6.28. The predicted molar refractivity (Wildman–Crippen MR) is 69.5 cm³/mol. The Kier molecular flexibility index (Phi) is 4.71. The molecule has 0 bridgehead atoms. The van der Waals surface area contributed by atoms with Crippen LogP contribution in [0, 0.1) is 5.92 Å². The molecule has 1 aromatic rings. The lowest BCUT2D eigenvalue weighted by Crippen LogP contribution is -2.31. The quantitative estimate of drug-likeness (QED) is 0.774. The molecule has 0 N–H and O–H groups in total. The zero-order valence-electron chi connectivity index (χ0n) is 10.2. The van der Waals surface area contributed by atoms with Gasteiger partial charge in [-0.05, 0) is 31.3 Å². The minimum Gasteiger partial charge on any atom is -0.381 e. The molecule has 4 heteroatoms. The monoisotopic (exact) mass is 253 g/mol. The third-order valence-electron chi connectivity index (χ3n) is 3.13. The highest BCUT2D eigenvalue weighted by molar-refractivity contribution is 7.09. The normalized spacial score (nSPS) is 20.0. The first kappa shape index (κ1) is 12.7. The van der Waals surface area contributed by atoms with Crippen LogP contribution >= 0.6 is 11.3 Å². The molecule has 1 atom stereocenters. The minimum atomic E-state index is 0.138. The Labute approximate surface area is 106 Å². The lowest BCUT2D eigenvalue weighted by molar-refractivity contribution is -0.123. The van der Waals surface area contributed by atoms with E-state index in [4.69, 9.17) is 4.74 Å². The molecular formula is C13H19NO2S. The molecule has 0 amide bonds. The van der Waals surface area contributed by atoms with E-state index in [0.717, 1.165) is 26.0 Å². The number of thiophene rings is 1. The van der Waals surface area contributed by atoms with E-state index in [2.05, 4.69) is 22.4 Å². The molecule has 1 aliphatic rings. The van der Waals surface area contributed by atoms with E-state index in [-0.39, 0.29) is 5.92 Å². The Morgan fingerprint density at radius 2 is 2.53 bits per heavy atom. The van der Waals surface area contributed by atoms with Crippen molar-refractivity contribution >= 4 is 17.1 Å². The summed E-state index contributed by atoms with van der Waals surface area (Å²) < 4.78 is 5.24. The summed E-state index contributed by atoms with van der Waals surface area (Å²) in [5.41, 5.74) is 0. The average Bonchev–Trinajstić information content (AvgIpc) is 2.99. The highest BCUT2D eigenvalue weighted by Gasteiger charge is 2.23. The fraction of sp³-hybridized carbons (Fsp3) is 0.615. The highest BCUT2D eigenvalue weighted by Crippen LogP contribution is 2.14. The molecule has 3 nitrogen and oxygen atoms in total. The number of hydrogen-bond donors (Lipinski definition) is 0. The van der Waals surface area contributed by atoms with Gasteiger partial charge in [-0.2, -0.15) is 0 Å². The fourth-order valence-electron chi connectivity index (χ4n) is 2.02. The molecule has 1 unspecified atom stereocenters. The van der Waals surface area contributed by atoms with Gasteiger partial charge in [-0.1, -0.05) is 6.07 Å². The van der Waals surface area contributed by atoms with Crippen molar-refractivity contribution in [3.8, 4) is 0 Å². The van der Waals surface area contributed by atoms with E-state index in [1.54, 1.807) is 11.3 Å². The molecule has 1 saturated heterocycles. The average molecular weight is 253 g/mol. The lowest BCUT2D eigenvalue weighted by atomic mass is 10.0. The first-order valence-electron chi connectivity index (χ1n) is 6.07. The fourth-order valence-corrected chi connectivity index (χ4v) is 2.72. The van der Waals surface area contributed by atoms with Crippen LogP contribution in [0.1, 0.15) is 11.3 Å². The van der Waals surface area contributed by atoms with Gasteiger partial charge in [0.2, 0.25) is 0 Å². The Hall–Kier alpha value is -0.710. The smallest absolute Gasteiger partial charge is 0.152 e. The van der Waals surface area contributed by atoms with Gasteiger partial charge in [0.1, 0.15) is 0 Å². The number of carbonyl (C=O) groups excluding carboxylic acids is 1. The minimum absolute atomic E-state index is 0.138. The van der Waals surface area contributed by atoms with E-state index in [9.17, 15) is 4.79 Å². The van der Waals surface area contributed by atoms with Crippen molar-refractivity contribution in [2.75, 3.05) is 33.4 Å². The van der Waals surface area contributed by atoms with Crippen LogP contribution in [0.2, 0.25) is 0 Å². The van der Waals surface area contributed by atoms with Crippen LogP contribution in [-0.2, 0) is 16.0 Å². The molecule has 0 aliphatic carbocycles. The van der Waals surface area contributed by atoms with Crippen LogP contribution in [0.15, 0.2) is 17.5 Å². The summed E-state index contributed by atoms with van der Waals surface area (Å²) in [6, 6.07) is 4.21. The summed E-state index contributed by atoms with van der Waals surface area (Å²) in [6.07, 6.45) is 1.93. The first-order chi connectivity index (χ1) is 8.25. The van der Waals surface area contributed by atoms with E-state index in [0.29, 0.717) is 18.9 Å². The SMILES string of the molecule is CN(CCc1cccs1)CC(=O)C1CCOC1. The van der Waals surface area contributed by atoms with Gasteiger partial charge in [0, 0.05) is 23.9 Å². The Morgan fingerprint density at radius 1 is 1.65 bits per heavy atom. The maximum Gasteiger partial charge on any atom is 0.152 e. The summed E-state index contributed by atoms with van der Waals surface area (Å²) >= 11 is 1.78. The van der Waals surface area contributed by atoms with Crippen molar-refractivity contribution in [3.63, 3.8) is 0 Å². The molecule has 1 aromatic heterocycles. The summed E-state index contributed by atoms with van der Waals surface area (Å²) in [5, 5.41) is 2.09. The number of carbonyl (C=O) groups is 1. The number of ketones is 1. The van der Waals surface area contributed by atoms with Crippen LogP contribution in [-0.4, -0.2) is 44.0 Å². The van der Waals surface area contributed by atoms with Gasteiger partial charge in [-0.15, -0.1) is 11.3 Å². The topological polar surface area (TPSA) is 29.5 Å². The van der Waals surface area contributed by atoms with Gasteiger partial charge in [-0.25, -0.2) is 0 Å². The number of likely N-dealkylation sites (N-methyl/N-ethyl adjacent to an activating group) is 1.